The van der Waals surface area contributed by atoms with Gasteiger partial charge >= 0.3 is 0 Å². The highest BCUT2D eigenvalue weighted by molar-refractivity contribution is 6.96. The van der Waals surface area contributed by atoms with Crippen molar-refractivity contribution in [2.24, 2.45) is 0 Å². The fraction of sp³-hybridized carbons (Fsp3) is 0.0656. The van der Waals surface area contributed by atoms with Crippen LogP contribution in [0.2, 0.25) is 0 Å². The number of pyridine rings is 1. The fourth-order valence-electron chi connectivity index (χ4n) is 10.9. The van der Waals surface area contributed by atoms with Crippen LogP contribution in [0.25, 0.3) is 60.6 Å². The van der Waals surface area contributed by atoms with E-state index in [0.717, 1.165) is 22.5 Å². The molecule has 1 aliphatic rings. The van der Waals surface area contributed by atoms with Crippen molar-refractivity contribution in [2.45, 2.75) is 20.8 Å². The summed E-state index contributed by atoms with van der Waals surface area (Å²) in [4.78, 5) is 9.97. The van der Waals surface area contributed by atoms with Crippen LogP contribution >= 0.6 is 0 Å². The van der Waals surface area contributed by atoms with E-state index in [-0.39, 0.29) is 6.71 Å². The highest BCUT2D eigenvalue weighted by atomic mass is 15.4. The molecule has 5 heteroatoms. The van der Waals surface area contributed by atoms with E-state index in [1.165, 1.54) is 93.9 Å². The van der Waals surface area contributed by atoms with Crippen LogP contribution in [0, 0.1) is 20.8 Å². The predicted octanol–water partition coefficient (Wildman–Crippen LogP) is 13.4. The van der Waals surface area contributed by atoms with Crippen molar-refractivity contribution in [3.8, 4) is 28.1 Å². The number of anilines is 4. The molecule has 4 nitrogen and oxygen atoms in total. The molecule has 1 aliphatic heterocycles. The minimum absolute atomic E-state index is 0.0385. The second kappa shape index (κ2) is 16.1. The van der Waals surface area contributed by atoms with Crippen molar-refractivity contribution in [2.75, 3.05) is 16.5 Å². The third kappa shape index (κ3) is 6.58. The van der Waals surface area contributed by atoms with Gasteiger partial charge in [-0.2, -0.15) is 0 Å². The summed E-state index contributed by atoms with van der Waals surface area (Å²) < 4.78 is 2.33. The first kappa shape index (κ1) is 39.4. The summed E-state index contributed by atoms with van der Waals surface area (Å²) in [7, 11) is 0. The van der Waals surface area contributed by atoms with Crippen molar-refractivity contribution >= 4 is 78.4 Å². The second-order valence-corrected chi connectivity index (χ2v) is 17.7. The molecule has 0 unspecified atom stereocenters. The molecule has 314 valence electrons. The number of aromatic nitrogens is 2. The normalized spacial score (nSPS) is 12.3. The zero-order valence-electron chi connectivity index (χ0n) is 37.4. The lowest BCUT2D eigenvalue weighted by molar-refractivity contribution is 0.994. The number of para-hydroxylation sites is 2. The molecule has 3 heterocycles. The van der Waals surface area contributed by atoms with Gasteiger partial charge in [-0.25, -0.2) is 4.98 Å². The number of rotatable bonds is 8. The molecule has 66 heavy (non-hydrogen) atoms. The molecule has 0 amide bonds. The van der Waals surface area contributed by atoms with Crippen molar-refractivity contribution in [3.05, 3.63) is 235 Å². The monoisotopic (exact) mass is 846 g/mol. The summed E-state index contributed by atoms with van der Waals surface area (Å²) in [5, 5.41) is 4.89. The zero-order valence-corrected chi connectivity index (χ0v) is 37.4. The molecule has 0 saturated heterocycles. The van der Waals surface area contributed by atoms with Gasteiger partial charge in [0.2, 0.25) is 6.71 Å². The topological polar surface area (TPSA) is 24.3 Å². The Morgan fingerprint density at radius 2 is 1.09 bits per heavy atom. The molecule has 2 aromatic heterocycles. The number of nitrogens with zero attached hydrogens (tertiary/aromatic N) is 4. The van der Waals surface area contributed by atoms with Gasteiger partial charge in [-0.3, -0.25) is 4.57 Å². The maximum absolute atomic E-state index is 4.87. The molecule has 0 N–H and O–H groups in total. The van der Waals surface area contributed by atoms with Crippen LogP contribution in [-0.4, -0.2) is 22.9 Å². The molecule has 9 aromatic carbocycles. The Morgan fingerprint density at radius 1 is 0.455 bits per heavy atom. The van der Waals surface area contributed by atoms with Gasteiger partial charge in [0.25, 0.3) is 0 Å². The van der Waals surface area contributed by atoms with Gasteiger partial charge in [0.1, 0.15) is 12.5 Å². The third-order valence-electron chi connectivity index (χ3n) is 13.6. The number of hydrogen-bond donors (Lipinski definition) is 0. The molecular formula is C61H47BN4. The Morgan fingerprint density at radius 3 is 1.82 bits per heavy atom. The summed E-state index contributed by atoms with van der Waals surface area (Å²) in [6.07, 6.45) is 1.89. The average Bonchev–Trinajstić information content (AvgIpc) is 3.92. The average molecular weight is 847 g/mol. The van der Waals surface area contributed by atoms with E-state index in [2.05, 4.69) is 241 Å². The SMILES string of the molecule is Cc1cc(C)c(B(c2cccc(N3CN(c4c(-c5ccccc5)cccc4-c4ccccc4)c4c3ccc3ccccc43)c2)c2ccc3c4ccccc4n(-c4ccccn4)c3c2)c(C)c1. The van der Waals surface area contributed by atoms with Gasteiger partial charge < -0.3 is 9.80 Å². The summed E-state index contributed by atoms with van der Waals surface area (Å²) >= 11 is 0. The molecule has 0 aliphatic carbocycles. The van der Waals surface area contributed by atoms with Crippen molar-refractivity contribution in [1.82, 2.24) is 9.55 Å². The third-order valence-corrected chi connectivity index (χ3v) is 13.6. The quantitative estimate of drug-likeness (QED) is 0.142. The Hall–Kier alpha value is -8.15. The first-order valence-electron chi connectivity index (χ1n) is 22.9. The van der Waals surface area contributed by atoms with Crippen LogP contribution in [0.1, 0.15) is 16.7 Å². The molecule has 0 atom stereocenters. The lowest BCUT2D eigenvalue weighted by Crippen LogP contribution is -2.54. The number of benzene rings is 9. The zero-order chi connectivity index (χ0) is 44.3. The molecule has 0 bridgehead atoms. The minimum atomic E-state index is -0.0385. The second-order valence-electron chi connectivity index (χ2n) is 17.7. The van der Waals surface area contributed by atoms with Crippen molar-refractivity contribution in [1.29, 1.82) is 0 Å². The Balaban J connectivity index is 1.06. The van der Waals surface area contributed by atoms with E-state index in [1.807, 2.05) is 12.3 Å². The van der Waals surface area contributed by atoms with E-state index in [4.69, 9.17) is 4.98 Å². The summed E-state index contributed by atoms with van der Waals surface area (Å²) in [6, 6.07) is 77.9. The molecule has 0 saturated carbocycles. The van der Waals surface area contributed by atoms with Gasteiger partial charge in [0, 0.05) is 39.2 Å². The fourth-order valence-corrected chi connectivity index (χ4v) is 10.9. The van der Waals surface area contributed by atoms with Crippen LogP contribution in [-0.2, 0) is 0 Å². The van der Waals surface area contributed by atoms with Crippen LogP contribution in [0.5, 0.6) is 0 Å². The molecule has 12 rings (SSSR count). The van der Waals surface area contributed by atoms with Gasteiger partial charge in [0.15, 0.2) is 0 Å². The lowest BCUT2D eigenvalue weighted by Gasteiger charge is -2.28. The number of hydrogen-bond acceptors (Lipinski definition) is 3. The summed E-state index contributed by atoms with van der Waals surface area (Å²) in [5.41, 5.74) is 19.6. The maximum atomic E-state index is 4.87. The van der Waals surface area contributed by atoms with Crippen molar-refractivity contribution < 1.29 is 0 Å². The van der Waals surface area contributed by atoms with Gasteiger partial charge in [-0.15, -0.1) is 0 Å². The van der Waals surface area contributed by atoms with E-state index < -0.39 is 0 Å². The first-order valence-corrected chi connectivity index (χ1v) is 22.9. The predicted molar refractivity (Wildman–Crippen MR) is 281 cm³/mol. The lowest BCUT2D eigenvalue weighted by atomic mass is 9.35. The van der Waals surface area contributed by atoms with Crippen LogP contribution < -0.4 is 26.2 Å². The standard InChI is InChI=1S/C61H47BN4/c1-41-36-42(2)59(43(3)37-41)62(48-32-33-54-53-26-12-13-29-55(53)66(57(54)39-48)58-30-14-15-35-63-58)47-23-16-24-49(38-47)64-40-65(61-52-25-11-10-22-46(52)31-34-56(61)64)60-50(44-18-6-4-7-19-44)27-17-28-51(60)45-20-8-5-9-21-45/h4-39H,40H2,1-3H3. The van der Waals surface area contributed by atoms with Crippen molar-refractivity contribution in [3.63, 3.8) is 0 Å². The first-order chi connectivity index (χ1) is 32.5. The summed E-state index contributed by atoms with van der Waals surface area (Å²) in [5.74, 6) is 0.913. The molecule has 0 radical (unpaired) electrons. The van der Waals surface area contributed by atoms with Gasteiger partial charge in [-0.1, -0.05) is 203 Å². The van der Waals surface area contributed by atoms with Gasteiger partial charge in [0.05, 0.1) is 28.1 Å². The Bertz CT molecular complexity index is 3540. The Kier molecular flexibility index (Phi) is 9.64. The molecule has 0 fully saturated rings. The minimum Gasteiger partial charge on any atom is -0.321 e. The molecule has 11 aromatic rings. The van der Waals surface area contributed by atoms with E-state index in [0.29, 0.717) is 6.67 Å². The van der Waals surface area contributed by atoms with E-state index >= 15 is 0 Å². The number of aryl methyl sites for hydroxylation is 3. The van der Waals surface area contributed by atoms with Crippen LogP contribution in [0.4, 0.5) is 22.7 Å². The highest BCUT2D eigenvalue weighted by Gasteiger charge is 2.34. The summed E-state index contributed by atoms with van der Waals surface area (Å²) in [6.45, 7) is 7.37. The molecule has 0 spiro atoms. The van der Waals surface area contributed by atoms with Gasteiger partial charge in [-0.05, 0) is 79.7 Å². The highest BCUT2D eigenvalue weighted by Crippen LogP contribution is 2.52. The maximum Gasteiger partial charge on any atom is 0.242 e. The van der Waals surface area contributed by atoms with E-state index in [1.54, 1.807) is 0 Å². The smallest absolute Gasteiger partial charge is 0.242 e. The largest absolute Gasteiger partial charge is 0.321 e. The van der Waals surface area contributed by atoms with E-state index in [9.17, 15) is 0 Å². The van der Waals surface area contributed by atoms with Crippen LogP contribution in [0.15, 0.2) is 219 Å². The van der Waals surface area contributed by atoms with Crippen LogP contribution in [0.3, 0.4) is 0 Å². The molecular weight excluding hydrogens is 800 g/mol. The number of fused-ring (bicyclic) bond motifs is 6. The Labute approximate surface area is 386 Å².